The number of nitrogens with zero attached hydrogens (tertiary/aromatic N) is 1. The van der Waals surface area contributed by atoms with Crippen molar-refractivity contribution in [1.82, 2.24) is 0 Å². The van der Waals surface area contributed by atoms with Crippen molar-refractivity contribution in [1.29, 1.82) is 5.26 Å². The molecule has 3 nitrogen and oxygen atoms in total. The highest BCUT2D eigenvalue weighted by molar-refractivity contribution is 5.54. The van der Waals surface area contributed by atoms with Gasteiger partial charge in [-0.1, -0.05) is 6.07 Å². The highest BCUT2D eigenvalue weighted by atomic mass is 19.1. The SMILES string of the molecule is Cc1ccc(OCc2cc(F)ccc2C#N)c(N)c1. The molecular formula is C15H13FN2O. The van der Waals surface area contributed by atoms with Crippen LogP contribution >= 0.6 is 0 Å². The molecule has 2 N–H and O–H groups in total. The average Bonchev–Trinajstić information content (AvgIpc) is 2.38. The van der Waals surface area contributed by atoms with E-state index in [9.17, 15) is 4.39 Å². The van der Waals surface area contributed by atoms with E-state index in [4.69, 9.17) is 15.7 Å². The Kier molecular flexibility index (Phi) is 3.67. The largest absolute Gasteiger partial charge is 0.487 e. The number of rotatable bonds is 3. The van der Waals surface area contributed by atoms with E-state index in [0.717, 1.165) is 5.56 Å². The molecule has 0 radical (unpaired) electrons. The smallest absolute Gasteiger partial charge is 0.142 e. The molecule has 0 unspecified atom stereocenters. The van der Waals surface area contributed by atoms with Crippen molar-refractivity contribution >= 4 is 5.69 Å². The lowest BCUT2D eigenvalue weighted by Crippen LogP contribution is -2.01. The molecule has 0 amide bonds. The number of benzene rings is 2. The number of nitriles is 1. The van der Waals surface area contributed by atoms with Crippen LogP contribution in [0.3, 0.4) is 0 Å². The van der Waals surface area contributed by atoms with Crippen LogP contribution < -0.4 is 10.5 Å². The summed E-state index contributed by atoms with van der Waals surface area (Å²) in [4.78, 5) is 0. The van der Waals surface area contributed by atoms with Crippen molar-refractivity contribution in [2.24, 2.45) is 0 Å². The van der Waals surface area contributed by atoms with Gasteiger partial charge >= 0.3 is 0 Å². The van der Waals surface area contributed by atoms with E-state index >= 15 is 0 Å². The molecule has 0 atom stereocenters. The van der Waals surface area contributed by atoms with Gasteiger partial charge in [-0.3, -0.25) is 0 Å². The Morgan fingerprint density at radius 1 is 1.26 bits per heavy atom. The lowest BCUT2D eigenvalue weighted by Gasteiger charge is -2.10. The standard InChI is InChI=1S/C15H13FN2O/c1-10-2-5-15(14(18)6-10)19-9-12-7-13(16)4-3-11(12)8-17/h2-7H,9,18H2,1H3. The van der Waals surface area contributed by atoms with Crippen molar-refractivity contribution in [3.63, 3.8) is 0 Å². The van der Waals surface area contributed by atoms with Crippen LogP contribution in [0.1, 0.15) is 16.7 Å². The fourth-order valence-corrected chi connectivity index (χ4v) is 1.75. The number of ether oxygens (including phenoxy) is 1. The first-order valence-corrected chi connectivity index (χ1v) is 5.77. The predicted molar refractivity (Wildman–Crippen MR) is 71.0 cm³/mol. The fourth-order valence-electron chi connectivity index (χ4n) is 1.75. The van der Waals surface area contributed by atoms with Gasteiger partial charge in [-0.2, -0.15) is 5.26 Å². The lowest BCUT2D eigenvalue weighted by molar-refractivity contribution is 0.307. The third-order valence-electron chi connectivity index (χ3n) is 2.74. The maximum Gasteiger partial charge on any atom is 0.142 e. The summed E-state index contributed by atoms with van der Waals surface area (Å²) < 4.78 is 18.7. The summed E-state index contributed by atoms with van der Waals surface area (Å²) in [5, 5.41) is 8.94. The Bertz CT molecular complexity index is 647. The van der Waals surface area contributed by atoms with E-state index in [1.807, 2.05) is 19.1 Å². The summed E-state index contributed by atoms with van der Waals surface area (Å²) in [5.41, 5.74) is 8.28. The maximum absolute atomic E-state index is 13.2. The monoisotopic (exact) mass is 256 g/mol. The van der Waals surface area contributed by atoms with E-state index in [1.54, 1.807) is 12.1 Å². The Balaban J connectivity index is 2.19. The third-order valence-corrected chi connectivity index (χ3v) is 2.74. The van der Waals surface area contributed by atoms with Crippen LogP contribution in [0.15, 0.2) is 36.4 Å². The summed E-state index contributed by atoms with van der Waals surface area (Å²) in [6, 6.07) is 11.4. The molecule has 2 aromatic carbocycles. The highest BCUT2D eigenvalue weighted by Gasteiger charge is 2.06. The lowest BCUT2D eigenvalue weighted by atomic mass is 10.1. The van der Waals surface area contributed by atoms with Gasteiger partial charge < -0.3 is 10.5 Å². The van der Waals surface area contributed by atoms with Gasteiger partial charge in [0.15, 0.2) is 0 Å². The van der Waals surface area contributed by atoms with Gasteiger partial charge in [-0.05, 0) is 42.8 Å². The quantitative estimate of drug-likeness (QED) is 0.858. The number of aryl methyl sites for hydroxylation is 1. The maximum atomic E-state index is 13.2. The second-order valence-electron chi connectivity index (χ2n) is 4.24. The summed E-state index contributed by atoms with van der Waals surface area (Å²) in [7, 11) is 0. The summed E-state index contributed by atoms with van der Waals surface area (Å²) in [6.07, 6.45) is 0. The molecule has 0 aliphatic carbocycles. The van der Waals surface area contributed by atoms with Gasteiger partial charge in [-0.15, -0.1) is 0 Å². The Morgan fingerprint density at radius 3 is 2.74 bits per heavy atom. The molecule has 96 valence electrons. The Morgan fingerprint density at radius 2 is 2.05 bits per heavy atom. The van der Waals surface area contributed by atoms with Crippen LogP contribution in [0, 0.1) is 24.1 Å². The Hall–Kier alpha value is -2.54. The zero-order valence-corrected chi connectivity index (χ0v) is 10.5. The van der Waals surface area contributed by atoms with Crippen molar-refractivity contribution in [3.05, 3.63) is 58.9 Å². The number of nitrogen functional groups attached to an aromatic ring is 1. The number of anilines is 1. The first-order chi connectivity index (χ1) is 9.10. The molecule has 0 bridgehead atoms. The zero-order valence-electron chi connectivity index (χ0n) is 10.5. The molecule has 0 saturated heterocycles. The first-order valence-electron chi connectivity index (χ1n) is 5.77. The van der Waals surface area contributed by atoms with Gasteiger partial charge in [0.05, 0.1) is 17.3 Å². The minimum atomic E-state index is -0.394. The second-order valence-corrected chi connectivity index (χ2v) is 4.24. The number of nitrogens with two attached hydrogens (primary N) is 1. The van der Waals surface area contributed by atoms with E-state index in [1.165, 1.54) is 18.2 Å². The molecule has 0 spiro atoms. The molecular weight excluding hydrogens is 243 g/mol. The summed E-state index contributed by atoms with van der Waals surface area (Å²) >= 11 is 0. The molecule has 0 aliphatic heterocycles. The third kappa shape index (κ3) is 3.02. The van der Waals surface area contributed by atoms with E-state index in [0.29, 0.717) is 22.6 Å². The molecule has 0 saturated carbocycles. The first kappa shape index (κ1) is 12.9. The molecule has 0 heterocycles. The number of hydrogen-bond acceptors (Lipinski definition) is 3. The van der Waals surface area contributed by atoms with Crippen molar-refractivity contribution in [2.75, 3.05) is 5.73 Å². The van der Waals surface area contributed by atoms with Crippen molar-refractivity contribution in [3.8, 4) is 11.8 Å². The predicted octanol–water partition coefficient (Wildman–Crippen LogP) is 3.17. The van der Waals surface area contributed by atoms with Crippen LogP contribution in [0.4, 0.5) is 10.1 Å². The molecule has 0 aliphatic rings. The molecule has 19 heavy (non-hydrogen) atoms. The van der Waals surface area contributed by atoms with Gasteiger partial charge in [0, 0.05) is 5.56 Å². The van der Waals surface area contributed by atoms with Crippen LogP contribution in [0.2, 0.25) is 0 Å². The van der Waals surface area contributed by atoms with Crippen LogP contribution in [0.25, 0.3) is 0 Å². The molecule has 4 heteroatoms. The van der Waals surface area contributed by atoms with E-state index < -0.39 is 5.82 Å². The summed E-state index contributed by atoms with van der Waals surface area (Å²) in [5.74, 6) is 0.133. The van der Waals surface area contributed by atoms with Crippen LogP contribution in [-0.2, 0) is 6.61 Å². The number of hydrogen-bond donors (Lipinski definition) is 1. The van der Waals surface area contributed by atoms with Gasteiger partial charge in [0.1, 0.15) is 18.2 Å². The minimum Gasteiger partial charge on any atom is -0.487 e. The fraction of sp³-hybridized carbons (Fsp3) is 0.133. The normalized spacial score (nSPS) is 9.95. The van der Waals surface area contributed by atoms with E-state index in [2.05, 4.69) is 0 Å². The molecule has 0 aromatic heterocycles. The van der Waals surface area contributed by atoms with Crippen molar-refractivity contribution < 1.29 is 9.13 Å². The second kappa shape index (κ2) is 5.40. The van der Waals surface area contributed by atoms with Crippen LogP contribution in [-0.4, -0.2) is 0 Å². The van der Waals surface area contributed by atoms with E-state index in [-0.39, 0.29) is 6.61 Å². The molecule has 0 fully saturated rings. The van der Waals surface area contributed by atoms with Crippen molar-refractivity contribution in [2.45, 2.75) is 13.5 Å². The molecule has 2 aromatic rings. The topological polar surface area (TPSA) is 59.0 Å². The zero-order chi connectivity index (χ0) is 13.8. The summed E-state index contributed by atoms with van der Waals surface area (Å²) in [6.45, 7) is 2.04. The van der Waals surface area contributed by atoms with Gasteiger partial charge in [0.2, 0.25) is 0 Å². The Labute approximate surface area is 111 Å². The van der Waals surface area contributed by atoms with Gasteiger partial charge in [-0.25, -0.2) is 4.39 Å². The minimum absolute atomic E-state index is 0.105. The number of halogens is 1. The average molecular weight is 256 g/mol. The van der Waals surface area contributed by atoms with Gasteiger partial charge in [0.25, 0.3) is 0 Å². The molecule has 2 rings (SSSR count). The van der Waals surface area contributed by atoms with Crippen LogP contribution in [0.5, 0.6) is 5.75 Å². The highest BCUT2D eigenvalue weighted by Crippen LogP contribution is 2.23.